The third kappa shape index (κ3) is 3.68. The maximum Gasteiger partial charge on any atom is 0.115 e. The summed E-state index contributed by atoms with van der Waals surface area (Å²) in [7, 11) is 1.81. The predicted octanol–water partition coefficient (Wildman–Crippen LogP) is 11.9. The van der Waals surface area contributed by atoms with Crippen LogP contribution in [0.4, 0.5) is 0 Å². The molecule has 0 aliphatic heterocycles. The minimum absolute atomic E-state index is 0.915. The Hall–Kier alpha value is -6.78. The number of allylic oxidation sites excluding steroid dienone is 1. The number of benzene rings is 8. The Labute approximate surface area is 293 Å². The van der Waals surface area contributed by atoms with Crippen LogP contribution in [0.1, 0.15) is 5.56 Å². The van der Waals surface area contributed by atoms with Crippen LogP contribution in [0.5, 0.6) is 0 Å². The summed E-state index contributed by atoms with van der Waals surface area (Å²) in [5, 5.41) is 12.2. The SMILES string of the molecule is C=N/C=C(\C=NC)c1c2c(c(-c3cncnc3)c3c1ccc1c4cc5c(cc4ccc13)-c1cccc3cccc-5c13)-c1cccc3cccc-2c13. The second-order valence-electron chi connectivity index (χ2n) is 13.5. The summed E-state index contributed by atoms with van der Waals surface area (Å²) in [5.41, 5.74) is 14.1. The second kappa shape index (κ2) is 10.4. The van der Waals surface area contributed by atoms with Gasteiger partial charge in [0.05, 0.1) is 0 Å². The summed E-state index contributed by atoms with van der Waals surface area (Å²) in [4.78, 5) is 17.9. The van der Waals surface area contributed by atoms with E-state index < -0.39 is 0 Å². The molecular formula is C47H28N4. The van der Waals surface area contributed by atoms with Gasteiger partial charge in [0.25, 0.3) is 0 Å². The van der Waals surface area contributed by atoms with E-state index in [1.807, 2.05) is 31.9 Å². The Morgan fingerprint density at radius 1 is 0.549 bits per heavy atom. The molecule has 0 saturated heterocycles. The highest BCUT2D eigenvalue weighted by Gasteiger charge is 2.32. The highest BCUT2D eigenvalue weighted by molar-refractivity contribution is 6.34. The zero-order valence-corrected chi connectivity index (χ0v) is 27.8. The molecule has 0 bridgehead atoms. The molecule has 0 amide bonds. The molecule has 11 rings (SSSR count). The fraction of sp³-hybridized carbons (Fsp3) is 0.0213. The molecule has 4 nitrogen and oxygen atoms in total. The normalized spacial score (nSPS) is 12.9. The summed E-state index contributed by atoms with van der Waals surface area (Å²) in [6.07, 6.45) is 9.25. The van der Waals surface area contributed by atoms with Crippen LogP contribution in [0.3, 0.4) is 0 Å². The van der Waals surface area contributed by atoms with Crippen LogP contribution in [0.15, 0.2) is 144 Å². The molecule has 1 heterocycles. The monoisotopic (exact) mass is 648 g/mol. The molecule has 51 heavy (non-hydrogen) atoms. The fourth-order valence-corrected chi connectivity index (χ4v) is 9.12. The van der Waals surface area contributed by atoms with Crippen LogP contribution >= 0.6 is 0 Å². The van der Waals surface area contributed by atoms with Crippen molar-refractivity contribution < 1.29 is 0 Å². The van der Waals surface area contributed by atoms with Gasteiger partial charge in [-0.3, -0.25) is 9.98 Å². The highest BCUT2D eigenvalue weighted by atomic mass is 14.8. The largest absolute Gasteiger partial charge is 0.296 e. The van der Waals surface area contributed by atoms with Crippen LogP contribution < -0.4 is 0 Å². The third-order valence-corrected chi connectivity index (χ3v) is 11.0. The number of hydrogen-bond donors (Lipinski definition) is 0. The van der Waals surface area contributed by atoms with Crippen molar-refractivity contribution in [2.45, 2.75) is 0 Å². The molecule has 8 aromatic carbocycles. The van der Waals surface area contributed by atoms with Gasteiger partial charge in [-0.25, -0.2) is 9.97 Å². The van der Waals surface area contributed by atoms with Crippen LogP contribution in [0, 0.1) is 0 Å². The lowest BCUT2D eigenvalue weighted by molar-refractivity contribution is 1.17. The van der Waals surface area contributed by atoms with Crippen molar-refractivity contribution in [3.63, 3.8) is 0 Å². The first-order valence-electron chi connectivity index (χ1n) is 17.2. The number of aliphatic imine (C=N–C) groups is 2. The van der Waals surface area contributed by atoms with Crippen molar-refractivity contribution in [2.75, 3.05) is 7.05 Å². The predicted molar refractivity (Wildman–Crippen MR) is 216 cm³/mol. The Morgan fingerprint density at radius 2 is 1.16 bits per heavy atom. The van der Waals surface area contributed by atoms with Gasteiger partial charge in [0.2, 0.25) is 0 Å². The lowest BCUT2D eigenvalue weighted by atomic mass is 9.81. The molecule has 0 atom stereocenters. The average Bonchev–Trinajstić information content (AvgIpc) is 3.67. The molecule has 2 aliphatic rings. The molecule has 236 valence electrons. The van der Waals surface area contributed by atoms with Gasteiger partial charge in [0, 0.05) is 54.1 Å². The molecule has 1 aromatic heterocycles. The number of rotatable bonds is 4. The van der Waals surface area contributed by atoms with E-state index in [9.17, 15) is 0 Å². The van der Waals surface area contributed by atoms with Gasteiger partial charge < -0.3 is 0 Å². The lowest BCUT2D eigenvalue weighted by Gasteiger charge is -2.22. The van der Waals surface area contributed by atoms with E-state index in [1.54, 1.807) is 6.33 Å². The van der Waals surface area contributed by atoms with Gasteiger partial charge in [-0.05, 0) is 117 Å². The van der Waals surface area contributed by atoms with Gasteiger partial charge in [-0.1, -0.05) is 97.1 Å². The zero-order valence-electron chi connectivity index (χ0n) is 27.8. The molecule has 0 unspecified atom stereocenters. The second-order valence-corrected chi connectivity index (χ2v) is 13.5. The van der Waals surface area contributed by atoms with E-state index in [2.05, 4.69) is 136 Å². The van der Waals surface area contributed by atoms with Gasteiger partial charge in [0.1, 0.15) is 6.33 Å². The maximum atomic E-state index is 4.55. The van der Waals surface area contributed by atoms with Crippen molar-refractivity contribution in [1.82, 2.24) is 9.97 Å². The van der Waals surface area contributed by atoms with Gasteiger partial charge >= 0.3 is 0 Å². The van der Waals surface area contributed by atoms with E-state index in [1.165, 1.54) is 87.6 Å². The number of nitrogens with zero attached hydrogens (tertiary/aromatic N) is 4. The molecule has 0 saturated carbocycles. The standard InChI is InChI=1S/C47H28N4/c1-48-21-29(22-49-2)43-37-18-17-31-34(16-15-28-19-39-32-11-3-7-26-8-4-12-33(41(26)32)40(39)20-38(28)31)45(37)44(30-23-50-25-51-24-30)47-36-14-6-10-27-9-5-13-35(42(27)36)46(43)47/h3-25H,1H2,2H3/b29-21+,49-22?. The zero-order chi connectivity index (χ0) is 33.8. The average molecular weight is 649 g/mol. The van der Waals surface area contributed by atoms with E-state index in [0.29, 0.717) is 0 Å². The van der Waals surface area contributed by atoms with Crippen molar-refractivity contribution >= 4 is 72.4 Å². The van der Waals surface area contributed by atoms with Crippen LogP contribution in [-0.2, 0) is 0 Å². The van der Waals surface area contributed by atoms with Crippen molar-refractivity contribution in [2.24, 2.45) is 9.98 Å². The minimum atomic E-state index is 0.915. The van der Waals surface area contributed by atoms with Crippen LogP contribution in [0.2, 0.25) is 0 Å². The van der Waals surface area contributed by atoms with Gasteiger partial charge in [-0.2, -0.15) is 0 Å². The topological polar surface area (TPSA) is 50.5 Å². The molecule has 0 radical (unpaired) electrons. The Morgan fingerprint density at radius 3 is 1.84 bits per heavy atom. The van der Waals surface area contributed by atoms with E-state index in [-0.39, 0.29) is 0 Å². The first-order chi connectivity index (χ1) is 25.2. The molecule has 0 N–H and O–H groups in total. The molecule has 2 aliphatic carbocycles. The minimum Gasteiger partial charge on any atom is -0.296 e. The van der Waals surface area contributed by atoms with Crippen LogP contribution in [-0.4, -0.2) is 29.9 Å². The number of hydrogen-bond acceptors (Lipinski definition) is 4. The van der Waals surface area contributed by atoms with E-state index >= 15 is 0 Å². The molecule has 9 aromatic rings. The molecule has 4 heteroatoms. The first kappa shape index (κ1) is 28.1. The Bertz CT molecular complexity index is 3090. The lowest BCUT2D eigenvalue weighted by Crippen LogP contribution is -1.99. The first-order valence-corrected chi connectivity index (χ1v) is 17.2. The third-order valence-electron chi connectivity index (χ3n) is 11.0. The quantitative estimate of drug-likeness (QED) is 0.141. The highest BCUT2D eigenvalue weighted by Crippen LogP contribution is 2.58. The van der Waals surface area contributed by atoms with Crippen molar-refractivity contribution in [3.8, 4) is 55.6 Å². The summed E-state index contributed by atoms with van der Waals surface area (Å²) in [5.74, 6) is 0. The van der Waals surface area contributed by atoms with E-state index in [0.717, 1.165) is 33.0 Å². The molecule has 0 spiro atoms. The van der Waals surface area contributed by atoms with Crippen molar-refractivity contribution in [3.05, 3.63) is 140 Å². The van der Waals surface area contributed by atoms with E-state index in [4.69, 9.17) is 0 Å². The summed E-state index contributed by atoms with van der Waals surface area (Å²) in [6.45, 7) is 3.86. The van der Waals surface area contributed by atoms with Crippen molar-refractivity contribution in [1.29, 1.82) is 0 Å². The summed E-state index contributed by atoms with van der Waals surface area (Å²) in [6, 6.07) is 40.5. The van der Waals surface area contributed by atoms with Crippen LogP contribution in [0.25, 0.3) is 115 Å². The summed E-state index contributed by atoms with van der Waals surface area (Å²) >= 11 is 0. The smallest absolute Gasteiger partial charge is 0.115 e. The number of fused-ring (bicyclic) bond motifs is 11. The fourth-order valence-electron chi connectivity index (χ4n) is 9.12. The van der Waals surface area contributed by atoms with Gasteiger partial charge in [-0.15, -0.1) is 0 Å². The molecular weight excluding hydrogens is 621 g/mol. The number of aromatic nitrogens is 2. The maximum absolute atomic E-state index is 4.55. The molecule has 0 fully saturated rings. The Balaban J connectivity index is 1.34. The summed E-state index contributed by atoms with van der Waals surface area (Å²) < 4.78 is 0. The Kier molecular flexibility index (Phi) is 5.71. The van der Waals surface area contributed by atoms with Gasteiger partial charge in [0.15, 0.2) is 0 Å².